The van der Waals surface area contributed by atoms with Crippen LogP contribution >= 0.6 is 11.3 Å². The molecule has 3 N–H and O–H groups in total. The molecule has 74 valence electrons. The molecule has 1 heterocycles. The lowest BCUT2D eigenvalue weighted by Gasteiger charge is -2.15. The molecule has 1 atom stereocenters. The Labute approximate surface area is 83.4 Å². The first kappa shape index (κ1) is 10.3. The van der Waals surface area contributed by atoms with Crippen LogP contribution in [-0.4, -0.2) is 11.5 Å². The van der Waals surface area contributed by atoms with Gasteiger partial charge in [0.2, 0.25) is 0 Å². The number of hydrogen-bond donors (Lipinski definition) is 2. The highest BCUT2D eigenvalue weighted by Crippen LogP contribution is 2.20. The van der Waals surface area contributed by atoms with E-state index in [9.17, 15) is 0 Å². The zero-order chi connectivity index (χ0) is 9.84. The molecule has 0 amide bonds. The summed E-state index contributed by atoms with van der Waals surface area (Å²) in [6, 6.07) is 0. The van der Waals surface area contributed by atoms with E-state index >= 15 is 0 Å². The number of nitrogen functional groups attached to an aromatic ring is 1. The Kier molecular flexibility index (Phi) is 3.54. The van der Waals surface area contributed by atoms with E-state index in [1.165, 1.54) is 11.3 Å². The van der Waals surface area contributed by atoms with Gasteiger partial charge in [-0.25, -0.2) is 4.98 Å². The molecule has 0 aliphatic rings. The molecule has 3 nitrogen and oxygen atoms in total. The van der Waals surface area contributed by atoms with Gasteiger partial charge in [0.05, 0.1) is 6.20 Å². The van der Waals surface area contributed by atoms with Gasteiger partial charge in [-0.3, -0.25) is 0 Å². The average Bonchev–Trinajstić information content (AvgIpc) is 2.47. The molecule has 13 heavy (non-hydrogen) atoms. The molecule has 0 fully saturated rings. The van der Waals surface area contributed by atoms with Crippen molar-refractivity contribution in [2.45, 2.75) is 20.8 Å². The Morgan fingerprint density at radius 3 is 2.69 bits per heavy atom. The fraction of sp³-hybridized carbons (Fsp3) is 0.667. The smallest absolute Gasteiger partial charge is 0.184 e. The largest absolute Gasteiger partial charge is 0.389 e. The van der Waals surface area contributed by atoms with Gasteiger partial charge in [-0.2, -0.15) is 0 Å². The zero-order valence-corrected chi connectivity index (χ0v) is 9.19. The molecule has 4 heteroatoms. The molecule has 0 bridgehead atoms. The van der Waals surface area contributed by atoms with Crippen molar-refractivity contribution >= 4 is 21.5 Å². The van der Waals surface area contributed by atoms with Gasteiger partial charge in [0, 0.05) is 6.54 Å². The highest BCUT2D eigenvalue weighted by molar-refractivity contribution is 7.19. The quantitative estimate of drug-likeness (QED) is 0.783. The van der Waals surface area contributed by atoms with Crippen molar-refractivity contribution in [3.63, 3.8) is 0 Å². The fourth-order valence-corrected chi connectivity index (χ4v) is 1.44. The minimum atomic E-state index is 0.658. The van der Waals surface area contributed by atoms with Gasteiger partial charge in [0.15, 0.2) is 5.13 Å². The molecule has 0 spiro atoms. The second-order valence-corrected chi connectivity index (χ2v) is 4.73. The van der Waals surface area contributed by atoms with Crippen molar-refractivity contribution in [3.8, 4) is 0 Å². The van der Waals surface area contributed by atoms with Crippen LogP contribution in [0.3, 0.4) is 0 Å². The summed E-state index contributed by atoms with van der Waals surface area (Å²) >= 11 is 1.50. The maximum absolute atomic E-state index is 5.56. The van der Waals surface area contributed by atoms with E-state index in [1.54, 1.807) is 6.20 Å². The Morgan fingerprint density at radius 1 is 1.54 bits per heavy atom. The van der Waals surface area contributed by atoms with Crippen molar-refractivity contribution in [3.05, 3.63) is 6.20 Å². The molecule has 0 saturated carbocycles. The summed E-state index contributed by atoms with van der Waals surface area (Å²) in [5.74, 6) is 1.36. The van der Waals surface area contributed by atoms with Crippen molar-refractivity contribution in [1.82, 2.24) is 4.98 Å². The lowest BCUT2D eigenvalue weighted by Crippen LogP contribution is -2.15. The Balaban J connectivity index is 2.35. The number of rotatable bonds is 4. The summed E-state index contributed by atoms with van der Waals surface area (Å²) < 4.78 is 0. The Hall–Kier alpha value is -0.770. The highest BCUT2D eigenvalue weighted by Gasteiger charge is 2.07. The zero-order valence-electron chi connectivity index (χ0n) is 8.37. The highest BCUT2D eigenvalue weighted by atomic mass is 32.1. The van der Waals surface area contributed by atoms with Crippen LogP contribution < -0.4 is 11.1 Å². The first-order valence-corrected chi connectivity index (χ1v) is 5.36. The molecule has 1 aromatic heterocycles. The number of nitrogens with two attached hydrogens (primary N) is 1. The molecule has 0 aliphatic heterocycles. The second-order valence-electron chi connectivity index (χ2n) is 3.67. The maximum atomic E-state index is 5.56. The summed E-state index contributed by atoms with van der Waals surface area (Å²) in [6.07, 6.45) is 1.69. The SMILES string of the molecule is CC(C)C(C)CNc1ncc(N)s1. The topological polar surface area (TPSA) is 50.9 Å². The molecule has 1 unspecified atom stereocenters. The predicted octanol–water partition coefficient (Wildman–Crippen LogP) is 2.43. The van der Waals surface area contributed by atoms with Gasteiger partial charge in [0.1, 0.15) is 5.00 Å². The number of thiazole rings is 1. The van der Waals surface area contributed by atoms with Crippen molar-refractivity contribution in [2.24, 2.45) is 11.8 Å². The third-order valence-corrected chi connectivity index (χ3v) is 3.02. The van der Waals surface area contributed by atoms with Gasteiger partial charge >= 0.3 is 0 Å². The summed E-state index contributed by atoms with van der Waals surface area (Å²) in [6.45, 7) is 7.64. The molecule has 1 rings (SSSR count). The Morgan fingerprint density at radius 2 is 2.23 bits per heavy atom. The van der Waals surface area contributed by atoms with Crippen molar-refractivity contribution in [1.29, 1.82) is 0 Å². The van der Waals surface area contributed by atoms with E-state index in [2.05, 4.69) is 31.1 Å². The molecule has 0 aliphatic carbocycles. The Bertz CT molecular complexity index is 257. The lowest BCUT2D eigenvalue weighted by molar-refractivity contribution is 0.439. The first-order chi connectivity index (χ1) is 6.09. The summed E-state index contributed by atoms with van der Waals surface area (Å²) in [7, 11) is 0. The number of aromatic nitrogens is 1. The van der Waals surface area contributed by atoms with Crippen LogP contribution in [0.4, 0.5) is 10.1 Å². The van der Waals surface area contributed by atoms with Crippen LogP contribution in [0.25, 0.3) is 0 Å². The molecule has 0 saturated heterocycles. The number of nitrogens with zero attached hydrogens (tertiary/aromatic N) is 1. The van der Waals surface area contributed by atoms with Crippen LogP contribution in [0, 0.1) is 11.8 Å². The normalized spacial score (nSPS) is 13.2. The molecule has 0 aromatic carbocycles. The van der Waals surface area contributed by atoms with E-state index in [4.69, 9.17) is 5.73 Å². The predicted molar refractivity (Wildman–Crippen MR) is 59.0 cm³/mol. The standard InChI is InChI=1S/C9H17N3S/c1-6(2)7(3)4-11-9-12-5-8(10)13-9/h5-7H,4,10H2,1-3H3,(H,11,12). The van der Waals surface area contributed by atoms with Crippen LogP contribution in [0.15, 0.2) is 6.20 Å². The maximum Gasteiger partial charge on any atom is 0.184 e. The summed E-state index contributed by atoms with van der Waals surface area (Å²) in [4.78, 5) is 4.13. The lowest BCUT2D eigenvalue weighted by atomic mass is 9.98. The molecular formula is C9H17N3S. The van der Waals surface area contributed by atoms with Gasteiger partial charge < -0.3 is 11.1 Å². The van der Waals surface area contributed by atoms with Gasteiger partial charge in [0.25, 0.3) is 0 Å². The van der Waals surface area contributed by atoms with E-state index in [0.29, 0.717) is 11.8 Å². The third-order valence-electron chi connectivity index (χ3n) is 2.24. The average molecular weight is 199 g/mol. The number of anilines is 2. The number of nitrogens with one attached hydrogen (secondary N) is 1. The van der Waals surface area contributed by atoms with Crippen LogP contribution in [-0.2, 0) is 0 Å². The van der Waals surface area contributed by atoms with E-state index in [1.807, 2.05) is 0 Å². The molecular weight excluding hydrogens is 182 g/mol. The second kappa shape index (κ2) is 4.46. The van der Waals surface area contributed by atoms with Crippen LogP contribution in [0.5, 0.6) is 0 Å². The fourth-order valence-electron chi connectivity index (χ4n) is 0.852. The third kappa shape index (κ3) is 3.22. The van der Waals surface area contributed by atoms with Gasteiger partial charge in [-0.1, -0.05) is 32.1 Å². The minimum absolute atomic E-state index is 0.658. The van der Waals surface area contributed by atoms with Crippen LogP contribution in [0.2, 0.25) is 0 Å². The first-order valence-electron chi connectivity index (χ1n) is 4.54. The van der Waals surface area contributed by atoms with Crippen LogP contribution in [0.1, 0.15) is 20.8 Å². The summed E-state index contributed by atoms with van der Waals surface area (Å²) in [5.41, 5.74) is 5.56. The van der Waals surface area contributed by atoms with E-state index < -0.39 is 0 Å². The minimum Gasteiger partial charge on any atom is -0.389 e. The summed E-state index contributed by atoms with van der Waals surface area (Å²) in [5, 5.41) is 4.96. The molecule has 1 aromatic rings. The van der Waals surface area contributed by atoms with E-state index in [-0.39, 0.29) is 0 Å². The van der Waals surface area contributed by atoms with Gasteiger partial charge in [-0.15, -0.1) is 0 Å². The molecule has 0 radical (unpaired) electrons. The van der Waals surface area contributed by atoms with Crippen molar-refractivity contribution in [2.75, 3.05) is 17.6 Å². The monoisotopic (exact) mass is 199 g/mol. The van der Waals surface area contributed by atoms with Crippen molar-refractivity contribution < 1.29 is 0 Å². The van der Waals surface area contributed by atoms with E-state index in [0.717, 1.165) is 16.7 Å². The van der Waals surface area contributed by atoms with Gasteiger partial charge in [-0.05, 0) is 11.8 Å². The number of hydrogen-bond acceptors (Lipinski definition) is 4.